The molecule has 1 heterocycles. The smallest absolute Gasteiger partial charge is 0.00104 e. The Morgan fingerprint density at radius 2 is 2.15 bits per heavy atom. The maximum atomic E-state index is 3.67. The minimum absolute atomic E-state index is 0.622. The van der Waals surface area contributed by atoms with Gasteiger partial charge in [0.2, 0.25) is 0 Å². The molecule has 0 amide bonds. The number of thiophene rings is 1. The van der Waals surface area contributed by atoms with Crippen LogP contribution in [0.15, 0.2) is 16.8 Å². The lowest BCUT2D eigenvalue weighted by molar-refractivity contribution is 0.161. The fraction of sp³-hybridized carbons (Fsp3) is 0.778. The Morgan fingerprint density at radius 1 is 1.30 bits per heavy atom. The van der Waals surface area contributed by atoms with Crippen LogP contribution in [0.4, 0.5) is 0 Å². The monoisotopic (exact) mass is 293 g/mol. The fourth-order valence-corrected chi connectivity index (χ4v) is 4.29. The first kappa shape index (κ1) is 16.0. The molecule has 20 heavy (non-hydrogen) atoms. The van der Waals surface area contributed by atoms with E-state index in [-0.39, 0.29) is 0 Å². The van der Waals surface area contributed by atoms with E-state index in [1.165, 1.54) is 45.1 Å². The first-order valence-corrected chi connectivity index (χ1v) is 9.37. The molecule has 1 aromatic rings. The molecule has 2 heteroatoms. The Labute approximate surface area is 129 Å². The lowest BCUT2D eigenvalue weighted by atomic mass is 9.71. The Morgan fingerprint density at radius 3 is 2.80 bits per heavy atom. The van der Waals surface area contributed by atoms with Crippen molar-refractivity contribution in [3.63, 3.8) is 0 Å². The van der Waals surface area contributed by atoms with Crippen molar-refractivity contribution in [1.82, 2.24) is 5.32 Å². The minimum atomic E-state index is 0.622. The molecule has 0 radical (unpaired) electrons. The highest BCUT2D eigenvalue weighted by Crippen LogP contribution is 2.37. The second-order valence-electron chi connectivity index (χ2n) is 6.84. The van der Waals surface area contributed by atoms with Gasteiger partial charge in [0.15, 0.2) is 0 Å². The molecule has 1 nitrogen and oxygen atoms in total. The molecule has 3 unspecified atom stereocenters. The molecule has 1 saturated carbocycles. The third-order valence-electron chi connectivity index (χ3n) is 5.00. The normalized spacial score (nSPS) is 27.1. The van der Waals surface area contributed by atoms with Gasteiger partial charge in [-0.1, -0.05) is 33.6 Å². The summed E-state index contributed by atoms with van der Waals surface area (Å²) in [6, 6.07) is 2.92. The van der Waals surface area contributed by atoms with E-state index in [1.54, 1.807) is 5.56 Å². The largest absolute Gasteiger partial charge is 0.314 e. The van der Waals surface area contributed by atoms with Gasteiger partial charge in [0.25, 0.3) is 0 Å². The summed E-state index contributed by atoms with van der Waals surface area (Å²) in [4.78, 5) is 0. The number of rotatable bonds is 7. The molecule has 0 aliphatic heterocycles. The Kier molecular flexibility index (Phi) is 6.57. The highest BCUT2D eigenvalue weighted by Gasteiger charge is 2.29. The lowest BCUT2D eigenvalue weighted by Crippen LogP contribution is -2.36. The van der Waals surface area contributed by atoms with Crippen LogP contribution in [0.1, 0.15) is 58.4 Å². The van der Waals surface area contributed by atoms with Gasteiger partial charge in [0.1, 0.15) is 0 Å². The molecule has 0 spiro atoms. The molecule has 3 atom stereocenters. The van der Waals surface area contributed by atoms with Crippen LogP contribution in [0.3, 0.4) is 0 Å². The average molecular weight is 294 g/mol. The summed E-state index contributed by atoms with van der Waals surface area (Å²) in [6.07, 6.45) is 8.40. The fourth-order valence-electron chi connectivity index (χ4n) is 3.59. The van der Waals surface area contributed by atoms with Crippen molar-refractivity contribution in [2.75, 3.05) is 6.54 Å². The zero-order valence-electron chi connectivity index (χ0n) is 13.4. The molecular weight excluding hydrogens is 262 g/mol. The molecule has 0 bridgehead atoms. The second-order valence-corrected chi connectivity index (χ2v) is 7.62. The summed E-state index contributed by atoms with van der Waals surface area (Å²) < 4.78 is 0. The van der Waals surface area contributed by atoms with Crippen molar-refractivity contribution in [1.29, 1.82) is 0 Å². The zero-order chi connectivity index (χ0) is 14.4. The van der Waals surface area contributed by atoms with Crippen LogP contribution in [0.5, 0.6) is 0 Å². The second kappa shape index (κ2) is 8.19. The molecule has 0 saturated heterocycles. The van der Waals surface area contributed by atoms with Crippen molar-refractivity contribution < 1.29 is 0 Å². The van der Waals surface area contributed by atoms with Crippen LogP contribution in [-0.4, -0.2) is 12.6 Å². The summed E-state index contributed by atoms with van der Waals surface area (Å²) in [5.74, 6) is 2.82. The van der Waals surface area contributed by atoms with Gasteiger partial charge in [-0.25, -0.2) is 0 Å². The maximum absolute atomic E-state index is 3.67. The van der Waals surface area contributed by atoms with Gasteiger partial charge in [0.05, 0.1) is 0 Å². The summed E-state index contributed by atoms with van der Waals surface area (Å²) in [5.41, 5.74) is 1.55. The number of nitrogens with one attached hydrogen (secondary N) is 1. The van der Waals surface area contributed by atoms with Crippen molar-refractivity contribution in [3.05, 3.63) is 22.4 Å². The van der Waals surface area contributed by atoms with Crippen LogP contribution in [-0.2, 0) is 6.42 Å². The molecule has 1 aliphatic rings. The molecule has 0 aromatic carbocycles. The number of aryl methyl sites for hydroxylation is 1. The van der Waals surface area contributed by atoms with E-state index in [2.05, 4.69) is 42.9 Å². The van der Waals surface area contributed by atoms with Crippen LogP contribution < -0.4 is 5.32 Å². The predicted octanol–water partition coefficient (Wildman–Crippen LogP) is 5.12. The Balaban J connectivity index is 1.87. The molecule has 1 N–H and O–H groups in total. The quantitative estimate of drug-likeness (QED) is 0.735. The van der Waals surface area contributed by atoms with Gasteiger partial charge in [-0.2, -0.15) is 11.3 Å². The van der Waals surface area contributed by atoms with Crippen LogP contribution in [0.25, 0.3) is 0 Å². The van der Waals surface area contributed by atoms with E-state index in [4.69, 9.17) is 0 Å². The third-order valence-corrected chi connectivity index (χ3v) is 5.73. The summed E-state index contributed by atoms with van der Waals surface area (Å²) in [7, 11) is 0. The van der Waals surface area contributed by atoms with Gasteiger partial charge < -0.3 is 5.32 Å². The predicted molar refractivity (Wildman–Crippen MR) is 90.4 cm³/mol. The van der Waals surface area contributed by atoms with Gasteiger partial charge >= 0.3 is 0 Å². The van der Waals surface area contributed by atoms with E-state index < -0.39 is 0 Å². The van der Waals surface area contributed by atoms with Crippen molar-refractivity contribution in [3.8, 4) is 0 Å². The SMILES string of the molecule is CCC1CCC(CNC(C)C)C(CCc2ccsc2)C1. The first-order valence-electron chi connectivity index (χ1n) is 8.43. The topological polar surface area (TPSA) is 12.0 Å². The van der Waals surface area contributed by atoms with Gasteiger partial charge in [-0.3, -0.25) is 0 Å². The van der Waals surface area contributed by atoms with Crippen molar-refractivity contribution in [2.45, 2.75) is 65.3 Å². The van der Waals surface area contributed by atoms with Crippen molar-refractivity contribution >= 4 is 11.3 Å². The number of hydrogen-bond acceptors (Lipinski definition) is 2. The number of hydrogen-bond donors (Lipinski definition) is 1. The van der Waals surface area contributed by atoms with Gasteiger partial charge in [-0.15, -0.1) is 0 Å². The highest BCUT2D eigenvalue weighted by atomic mass is 32.1. The third kappa shape index (κ3) is 4.89. The van der Waals surface area contributed by atoms with Crippen molar-refractivity contribution in [2.24, 2.45) is 17.8 Å². The molecule has 114 valence electrons. The molecule has 1 aliphatic carbocycles. The van der Waals surface area contributed by atoms with E-state index in [9.17, 15) is 0 Å². The Hall–Kier alpha value is -0.340. The highest BCUT2D eigenvalue weighted by molar-refractivity contribution is 7.07. The molecular formula is C18H31NS. The van der Waals surface area contributed by atoms with E-state index in [0.29, 0.717) is 6.04 Å². The minimum Gasteiger partial charge on any atom is -0.314 e. The summed E-state index contributed by atoms with van der Waals surface area (Å²) in [5, 5.41) is 8.21. The molecule has 1 fully saturated rings. The Bertz CT molecular complexity index is 358. The zero-order valence-corrected chi connectivity index (χ0v) is 14.2. The van der Waals surface area contributed by atoms with Crippen LogP contribution in [0.2, 0.25) is 0 Å². The maximum Gasteiger partial charge on any atom is 0.00104 e. The average Bonchev–Trinajstić information content (AvgIpc) is 2.96. The van der Waals surface area contributed by atoms with Gasteiger partial charge in [-0.05, 0) is 72.4 Å². The summed E-state index contributed by atoms with van der Waals surface area (Å²) in [6.45, 7) is 8.12. The van der Waals surface area contributed by atoms with E-state index >= 15 is 0 Å². The molecule has 2 rings (SSSR count). The van der Waals surface area contributed by atoms with E-state index in [0.717, 1.165) is 17.8 Å². The van der Waals surface area contributed by atoms with Gasteiger partial charge in [0, 0.05) is 6.04 Å². The standard InChI is InChI=1S/C18H31NS/c1-4-15-5-8-18(12-19-14(2)3)17(11-15)7-6-16-9-10-20-13-16/h9-10,13-15,17-19H,4-8,11-12H2,1-3H3. The van der Waals surface area contributed by atoms with E-state index in [1.807, 2.05) is 11.3 Å². The summed E-state index contributed by atoms with van der Waals surface area (Å²) >= 11 is 1.83. The van der Waals surface area contributed by atoms with Crippen LogP contribution >= 0.6 is 11.3 Å². The lowest BCUT2D eigenvalue weighted by Gasteiger charge is -2.36. The molecule has 1 aromatic heterocycles. The first-order chi connectivity index (χ1) is 9.69. The van der Waals surface area contributed by atoms with Crippen LogP contribution in [0, 0.1) is 17.8 Å².